The Labute approximate surface area is 103 Å². The molecule has 98 valence electrons. The molecule has 0 fully saturated rings. The van der Waals surface area contributed by atoms with Crippen LogP contribution >= 0.6 is 0 Å². The zero-order chi connectivity index (χ0) is 12.9. The molecule has 0 amide bonds. The molecule has 17 heavy (non-hydrogen) atoms. The third kappa shape index (κ3) is 4.47. The van der Waals surface area contributed by atoms with Crippen molar-refractivity contribution >= 4 is 10.0 Å². The van der Waals surface area contributed by atoms with Crippen LogP contribution in [0.5, 0.6) is 0 Å². The van der Waals surface area contributed by atoms with Crippen molar-refractivity contribution in [3.8, 4) is 0 Å². The Morgan fingerprint density at radius 2 is 2.12 bits per heavy atom. The van der Waals surface area contributed by atoms with Crippen LogP contribution in [0.1, 0.15) is 31.2 Å². The maximum atomic E-state index is 11.5. The maximum Gasteiger partial charge on any atom is 0.211 e. The molecule has 0 radical (unpaired) electrons. The van der Waals surface area contributed by atoms with Crippen LogP contribution in [0.2, 0.25) is 0 Å². The number of unbranched alkanes of at least 4 members (excludes halogenated alkanes) is 1. The van der Waals surface area contributed by atoms with Gasteiger partial charge in [0.1, 0.15) is 0 Å². The van der Waals surface area contributed by atoms with E-state index in [-0.39, 0.29) is 5.75 Å². The van der Waals surface area contributed by atoms with Gasteiger partial charge in [0.2, 0.25) is 10.0 Å². The van der Waals surface area contributed by atoms with Crippen molar-refractivity contribution in [1.29, 1.82) is 0 Å². The van der Waals surface area contributed by atoms with E-state index in [0.29, 0.717) is 19.5 Å². The van der Waals surface area contributed by atoms with E-state index in [1.165, 1.54) is 0 Å². The van der Waals surface area contributed by atoms with Crippen molar-refractivity contribution in [2.75, 3.05) is 12.3 Å². The first kappa shape index (κ1) is 14.2. The monoisotopic (exact) mass is 259 g/mol. The average molecular weight is 259 g/mol. The number of sulfonamides is 1. The van der Waals surface area contributed by atoms with Gasteiger partial charge in [0.25, 0.3) is 0 Å². The highest BCUT2D eigenvalue weighted by Gasteiger charge is 2.08. The molecule has 0 saturated carbocycles. The van der Waals surface area contributed by atoms with Gasteiger partial charge in [-0.25, -0.2) is 18.1 Å². The number of nitrogens with zero attached hydrogens (tertiary/aromatic N) is 2. The lowest BCUT2D eigenvalue weighted by atomic mass is 10.4. The minimum Gasteiger partial charge on any atom is -0.333 e. The molecule has 5 nitrogen and oxygen atoms in total. The fraction of sp³-hybridized carbons (Fsp3) is 0.727. The third-order valence-electron chi connectivity index (χ3n) is 2.79. The molecule has 1 N–H and O–H groups in total. The number of nitrogens with one attached hydrogen (secondary N) is 1. The number of imidazole rings is 1. The molecule has 1 rings (SSSR count). The van der Waals surface area contributed by atoms with Crippen LogP contribution in [-0.4, -0.2) is 30.3 Å². The van der Waals surface area contributed by atoms with Gasteiger partial charge in [0.05, 0.1) is 17.8 Å². The van der Waals surface area contributed by atoms with Crippen LogP contribution in [0.15, 0.2) is 6.33 Å². The lowest BCUT2D eigenvalue weighted by Gasteiger charge is -2.08. The van der Waals surface area contributed by atoms with Crippen LogP contribution in [0, 0.1) is 13.8 Å². The van der Waals surface area contributed by atoms with E-state index in [9.17, 15) is 8.42 Å². The highest BCUT2D eigenvalue weighted by molar-refractivity contribution is 7.89. The molecule has 0 aliphatic carbocycles. The molecule has 0 spiro atoms. The van der Waals surface area contributed by atoms with E-state index in [2.05, 4.69) is 9.71 Å². The Hall–Kier alpha value is -0.880. The predicted molar refractivity (Wildman–Crippen MR) is 68.4 cm³/mol. The van der Waals surface area contributed by atoms with Gasteiger partial charge in [-0.05, 0) is 20.3 Å². The van der Waals surface area contributed by atoms with Crippen molar-refractivity contribution in [2.45, 2.75) is 40.2 Å². The Kier molecular flexibility index (Phi) is 5.14. The molecule has 0 aliphatic rings. The SMILES string of the molecule is CCCCS(=O)(=O)NCCn1cnc(C)c1C. The fourth-order valence-electron chi connectivity index (χ4n) is 1.50. The summed E-state index contributed by atoms with van der Waals surface area (Å²) in [5.41, 5.74) is 2.07. The standard InChI is InChI=1S/C11H21N3O2S/c1-4-5-8-17(15,16)13-6-7-14-9-12-10(2)11(14)3/h9,13H,4-8H2,1-3H3. The van der Waals surface area contributed by atoms with Gasteiger partial charge in [-0.15, -0.1) is 0 Å². The molecule has 0 atom stereocenters. The van der Waals surface area contributed by atoms with Gasteiger partial charge in [-0.1, -0.05) is 13.3 Å². The van der Waals surface area contributed by atoms with Crippen molar-refractivity contribution in [2.24, 2.45) is 0 Å². The minimum absolute atomic E-state index is 0.214. The maximum absolute atomic E-state index is 11.5. The van der Waals surface area contributed by atoms with E-state index in [1.807, 2.05) is 25.3 Å². The summed E-state index contributed by atoms with van der Waals surface area (Å²) in [5.74, 6) is 0.214. The van der Waals surface area contributed by atoms with Gasteiger partial charge in [0.15, 0.2) is 0 Å². The lowest BCUT2D eigenvalue weighted by Crippen LogP contribution is -2.29. The second-order valence-electron chi connectivity index (χ2n) is 4.18. The zero-order valence-electron chi connectivity index (χ0n) is 10.7. The van der Waals surface area contributed by atoms with E-state index in [0.717, 1.165) is 17.8 Å². The molecule has 0 aromatic carbocycles. The van der Waals surface area contributed by atoms with Gasteiger partial charge < -0.3 is 4.57 Å². The molecule has 1 heterocycles. The van der Waals surface area contributed by atoms with E-state index in [4.69, 9.17) is 0 Å². The second kappa shape index (κ2) is 6.16. The second-order valence-corrected chi connectivity index (χ2v) is 6.10. The summed E-state index contributed by atoms with van der Waals surface area (Å²) < 4.78 is 27.6. The topological polar surface area (TPSA) is 64.0 Å². The first-order valence-electron chi connectivity index (χ1n) is 5.92. The quantitative estimate of drug-likeness (QED) is 0.800. The number of aryl methyl sites for hydroxylation is 1. The number of hydrogen-bond donors (Lipinski definition) is 1. The van der Waals surface area contributed by atoms with E-state index in [1.54, 1.807) is 6.33 Å². The summed E-state index contributed by atoms with van der Waals surface area (Å²) in [7, 11) is -3.10. The Morgan fingerprint density at radius 1 is 1.41 bits per heavy atom. The van der Waals surface area contributed by atoms with Gasteiger partial charge in [0, 0.05) is 18.8 Å². The predicted octanol–water partition coefficient (Wildman–Crippen LogP) is 1.22. The lowest BCUT2D eigenvalue weighted by molar-refractivity contribution is 0.568. The summed E-state index contributed by atoms with van der Waals surface area (Å²) in [6, 6.07) is 0. The average Bonchev–Trinajstić information content (AvgIpc) is 2.58. The normalized spacial score (nSPS) is 11.9. The van der Waals surface area contributed by atoms with Crippen LogP contribution in [0.3, 0.4) is 0 Å². The molecule has 0 aliphatic heterocycles. The molecule has 0 bridgehead atoms. The van der Waals surface area contributed by atoms with Crippen LogP contribution < -0.4 is 4.72 Å². The first-order valence-corrected chi connectivity index (χ1v) is 7.57. The summed E-state index contributed by atoms with van der Waals surface area (Å²) in [6.45, 7) is 6.94. The largest absolute Gasteiger partial charge is 0.333 e. The highest BCUT2D eigenvalue weighted by Crippen LogP contribution is 2.03. The summed E-state index contributed by atoms with van der Waals surface area (Å²) in [6.07, 6.45) is 3.34. The van der Waals surface area contributed by atoms with Crippen molar-refractivity contribution in [3.05, 3.63) is 17.7 Å². The molecule has 1 aromatic rings. The van der Waals surface area contributed by atoms with Crippen LogP contribution in [0.4, 0.5) is 0 Å². The van der Waals surface area contributed by atoms with E-state index >= 15 is 0 Å². The van der Waals surface area contributed by atoms with Gasteiger partial charge in [-0.3, -0.25) is 0 Å². The Bertz CT molecular complexity index is 451. The van der Waals surface area contributed by atoms with Crippen LogP contribution in [0.25, 0.3) is 0 Å². The molecule has 0 saturated heterocycles. The summed E-state index contributed by atoms with van der Waals surface area (Å²) in [5, 5.41) is 0. The first-order chi connectivity index (χ1) is 7.96. The molecule has 6 heteroatoms. The van der Waals surface area contributed by atoms with Crippen molar-refractivity contribution in [3.63, 3.8) is 0 Å². The Balaban J connectivity index is 2.40. The highest BCUT2D eigenvalue weighted by atomic mass is 32.2. The zero-order valence-corrected chi connectivity index (χ0v) is 11.5. The minimum atomic E-state index is -3.10. The van der Waals surface area contributed by atoms with Crippen LogP contribution in [-0.2, 0) is 16.6 Å². The third-order valence-corrected chi connectivity index (χ3v) is 4.26. The number of aromatic nitrogens is 2. The van der Waals surface area contributed by atoms with Crippen molar-refractivity contribution < 1.29 is 8.42 Å². The number of rotatable bonds is 7. The summed E-state index contributed by atoms with van der Waals surface area (Å²) >= 11 is 0. The molecular weight excluding hydrogens is 238 g/mol. The molecule has 1 aromatic heterocycles. The smallest absolute Gasteiger partial charge is 0.211 e. The fourth-order valence-corrected chi connectivity index (χ4v) is 2.71. The molecule has 0 unspecified atom stereocenters. The van der Waals surface area contributed by atoms with E-state index < -0.39 is 10.0 Å². The summed E-state index contributed by atoms with van der Waals surface area (Å²) in [4.78, 5) is 4.17. The number of hydrogen-bond acceptors (Lipinski definition) is 3. The molecular formula is C11H21N3O2S. The van der Waals surface area contributed by atoms with Crippen molar-refractivity contribution in [1.82, 2.24) is 14.3 Å². The van der Waals surface area contributed by atoms with Gasteiger partial charge in [-0.2, -0.15) is 0 Å². The Morgan fingerprint density at radius 3 is 2.65 bits per heavy atom. The van der Waals surface area contributed by atoms with Gasteiger partial charge >= 0.3 is 0 Å².